The summed E-state index contributed by atoms with van der Waals surface area (Å²) in [4.78, 5) is 13.1. The van der Waals surface area contributed by atoms with Gasteiger partial charge in [0.25, 0.3) is 5.56 Å². The van der Waals surface area contributed by atoms with Gasteiger partial charge in [-0.05, 0) is 45.2 Å². The molecule has 0 amide bonds. The third kappa shape index (κ3) is 3.63. The van der Waals surface area contributed by atoms with Crippen molar-refractivity contribution in [3.8, 4) is 11.9 Å². The third-order valence-corrected chi connectivity index (χ3v) is 5.27. The van der Waals surface area contributed by atoms with E-state index in [1.807, 2.05) is 38.1 Å². The molecule has 6 nitrogen and oxygen atoms in total. The van der Waals surface area contributed by atoms with E-state index in [2.05, 4.69) is 10.2 Å². The number of nitrogens with zero attached hydrogens (tertiary/aromatic N) is 4. The number of benzene rings is 1. The van der Waals surface area contributed by atoms with E-state index in [-0.39, 0.29) is 28.7 Å². The Hall–Kier alpha value is -2.94. The van der Waals surface area contributed by atoms with Crippen LogP contribution >= 0.6 is 0 Å². The SMILES string of the molecule is Cc1ccc(N=Nc2c(C)c(C#N)c(O)n(C3CCCCC3)c2=O)c(C)c1. The third-order valence-electron chi connectivity index (χ3n) is 5.27. The monoisotopic (exact) mass is 364 g/mol. The zero-order valence-electron chi connectivity index (χ0n) is 16.0. The first-order valence-electron chi connectivity index (χ1n) is 9.31. The molecular weight excluding hydrogens is 340 g/mol. The van der Waals surface area contributed by atoms with Gasteiger partial charge in [-0.3, -0.25) is 9.36 Å². The average molecular weight is 364 g/mol. The van der Waals surface area contributed by atoms with Crippen molar-refractivity contribution in [1.29, 1.82) is 5.26 Å². The highest BCUT2D eigenvalue weighted by Crippen LogP contribution is 2.34. The quantitative estimate of drug-likeness (QED) is 0.752. The van der Waals surface area contributed by atoms with Gasteiger partial charge in [0.05, 0.1) is 5.69 Å². The minimum Gasteiger partial charge on any atom is -0.493 e. The zero-order chi connectivity index (χ0) is 19.6. The molecule has 1 fully saturated rings. The molecule has 1 aromatic carbocycles. The predicted molar refractivity (Wildman–Crippen MR) is 104 cm³/mol. The zero-order valence-corrected chi connectivity index (χ0v) is 16.0. The first-order valence-corrected chi connectivity index (χ1v) is 9.31. The van der Waals surface area contributed by atoms with Gasteiger partial charge in [-0.25, -0.2) is 0 Å². The van der Waals surface area contributed by atoms with Crippen LogP contribution in [0.5, 0.6) is 5.88 Å². The molecule has 27 heavy (non-hydrogen) atoms. The fourth-order valence-electron chi connectivity index (χ4n) is 3.73. The van der Waals surface area contributed by atoms with E-state index in [1.54, 1.807) is 6.92 Å². The number of azo groups is 1. The Labute approximate surface area is 158 Å². The molecule has 140 valence electrons. The highest BCUT2D eigenvalue weighted by Gasteiger charge is 2.25. The lowest BCUT2D eigenvalue weighted by molar-refractivity contribution is 0.303. The van der Waals surface area contributed by atoms with Gasteiger partial charge in [0.15, 0.2) is 5.69 Å². The number of aromatic hydroxyl groups is 1. The molecule has 0 spiro atoms. The first-order chi connectivity index (χ1) is 12.9. The van der Waals surface area contributed by atoms with Crippen LogP contribution in [-0.4, -0.2) is 9.67 Å². The molecule has 1 heterocycles. The second-order valence-electron chi connectivity index (χ2n) is 7.24. The number of hydrogen-bond donors (Lipinski definition) is 1. The molecule has 0 saturated heterocycles. The highest BCUT2D eigenvalue weighted by molar-refractivity contribution is 5.57. The summed E-state index contributed by atoms with van der Waals surface area (Å²) in [5.74, 6) is -0.252. The summed E-state index contributed by atoms with van der Waals surface area (Å²) >= 11 is 0. The molecule has 1 saturated carbocycles. The molecule has 6 heteroatoms. The summed E-state index contributed by atoms with van der Waals surface area (Å²) in [6.45, 7) is 5.56. The van der Waals surface area contributed by atoms with Crippen molar-refractivity contribution >= 4 is 11.4 Å². The second-order valence-corrected chi connectivity index (χ2v) is 7.24. The van der Waals surface area contributed by atoms with E-state index >= 15 is 0 Å². The molecule has 0 atom stereocenters. The molecule has 1 aromatic heterocycles. The normalized spacial score (nSPS) is 15.2. The topological polar surface area (TPSA) is 90.7 Å². The van der Waals surface area contributed by atoms with Crippen molar-refractivity contribution in [2.24, 2.45) is 10.2 Å². The van der Waals surface area contributed by atoms with Gasteiger partial charge < -0.3 is 5.11 Å². The van der Waals surface area contributed by atoms with E-state index in [0.717, 1.165) is 43.2 Å². The molecule has 0 radical (unpaired) electrons. The molecular formula is C21H24N4O2. The van der Waals surface area contributed by atoms with E-state index in [0.29, 0.717) is 11.3 Å². The van der Waals surface area contributed by atoms with Crippen LogP contribution in [0.3, 0.4) is 0 Å². The van der Waals surface area contributed by atoms with Crippen molar-refractivity contribution in [1.82, 2.24) is 4.57 Å². The van der Waals surface area contributed by atoms with E-state index in [1.165, 1.54) is 4.57 Å². The fourth-order valence-corrected chi connectivity index (χ4v) is 3.73. The van der Waals surface area contributed by atoms with Crippen molar-refractivity contribution in [3.63, 3.8) is 0 Å². The fraction of sp³-hybridized carbons (Fsp3) is 0.429. The molecule has 3 rings (SSSR count). The van der Waals surface area contributed by atoms with Crippen molar-refractivity contribution in [2.75, 3.05) is 0 Å². The van der Waals surface area contributed by atoms with E-state index in [9.17, 15) is 15.2 Å². The van der Waals surface area contributed by atoms with E-state index in [4.69, 9.17) is 0 Å². The number of pyridine rings is 1. The van der Waals surface area contributed by atoms with Gasteiger partial charge >= 0.3 is 0 Å². The van der Waals surface area contributed by atoms with Gasteiger partial charge in [-0.2, -0.15) is 10.4 Å². The Morgan fingerprint density at radius 1 is 1.15 bits per heavy atom. The summed E-state index contributed by atoms with van der Waals surface area (Å²) < 4.78 is 1.35. The number of aromatic nitrogens is 1. The van der Waals surface area contributed by atoms with Gasteiger partial charge in [-0.15, -0.1) is 5.11 Å². The summed E-state index contributed by atoms with van der Waals surface area (Å²) in [5.41, 5.74) is 2.95. The molecule has 1 N–H and O–H groups in total. The summed E-state index contributed by atoms with van der Waals surface area (Å²) in [6.07, 6.45) is 4.77. The summed E-state index contributed by atoms with van der Waals surface area (Å²) in [7, 11) is 0. The first kappa shape index (κ1) is 18.8. The molecule has 1 aliphatic carbocycles. The van der Waals surface area contributed by atoms with Crippen LogP contribution in [0.2, 0.25) is 0 Å². The smallest absolute Gasteiger partial charge is 0.281 e. The molecule has 2 aromatic rings. The second kappa shape index (κ2) is 7.75. The maximum absolute atomic E-state index is 13.1. The lowest BCUT2D eigenvalue weighted by Crippen LogP contribution is -2.27. The predicted octanol–water partition coefficient (Wildman–Crippen LogP) is 5.27. The summed E-state index contributed by atoms with van der Waals surface area (Å²) in [6, 6.07) is 7.71. The molecule has 0 unspecified atom stereocenters. The Morgan fingerprint density at radius 3 is 2.48 bits per heavy atom. The Kier molecular flexibility index (Phi) is 5.41. The van der Waals surface area contributed by atoms with Crippen LogP contribution in [0.25, 0.3) is 0 Å². The number of nitriles is 1. The molecule has 1 aliphatic rings. The number of hydrogen-bond acceptors (Lipinski definition) is 5. The largest absolute Gasteiger partial charge is 0.493 e. The average Bonchev–Trinajstić information content (AvgIpc) is 2.64. The van der Waals surface area contributed by atoms with Crippen LogP contribution in [0.1, 0.15) is 60.4 Å². The Bertz CT molecular complexity index is 993. The van der Waals surface area contributed by atoms with Crippen LogP contribution in [-0.2, 0) is 0 Å². The summed E-state index contributed by atoms with van der Waals surface area (Å²) in [5, 5.41) is 28.5. The van der Waals surface area contributed by atoms with Gasteiger partial charge in [-0.1, -0.05) is 37.0 Å². The molecule has 0 bridgehead atoms. The van der Waals surface area contributed by atoms with Crippen molar-refractivity contribution in [3.05, 3.63) is 50.8 Å². The van der Waals surface area contributed by atoms with Crippen LogP contribution in [0.4, 0.5) is 11.4 Å². The van der Waals surface area contributed by atoms with Crippen molar-refractivity contribution in [2.45, 2.75) is 58.9 Å². The maximum atomic E-state index is 13.1. The van der Waals surface area contributed by atoms with Gasteiger partial charge in [0.1, 0.15) is 11.6 Å². The maximum Gasteiger partial charge on any atom is 0.281 e. The minimum atomic E-state index is -0.385. The lowest BCUT2D eigenvalue weighted by atomic mass is 9.94. The van der Waals surface area contributed by atoms with Gasteiger partial charge in [0.2, 0.25) is 5.88 Å². The van der Waals surface area contributed by atoms with E-state index < -0.39 is 0 Å². The standard InChI is InChI=1S/C21H24N4O2/c1-13-9-10-18(14(2)11-13)23-24-19-15(3)17(12-22)20(26)25(21(19)27)16-7-5-4-6-8-16/h9-11,16,26H,4-8H2,1-3H3. The van der Waals surface area contributed by atoms with Crippen molar-refractivity contribution < 1.29 is 5.11 Å². The molecule has 0 aliphatic heterocycles. The minimum absolute atomic E-state index is 0.0924. The Balaban J connectivity index is 2.13. The Morgan fingerprint density at radius 2 is 1.85 bits per heavy atom. The highest BCUT2D eigenvalue weighted by atomic mass is 16.3. The van der Waals surface area contributed by atoms with Crippen LogP contribution in [0, 0.1) is 32.1 Å². The van der Waals surface area contributed by atoms with Crippen LogP contribution < -0.4 is 5.56 Å². The number of rotatable bonds is 3. The van der Waals surface area contributed by atoms with Gasteiger partial charge in [0, 0.05) is 11.6 Å². The lowest BCUT2D eigenvalue weighted by Gasteiger charge is -2.25. The van der Waals surface area contributed by atoms with Crippen LogP contribution in [0.15, 0.2) is 33.2 Å². The number of aryl methyl sites for hydroxylation is 2.